The molecule has 1 aromatic heterocycles. The molecule has 0 amide bonds. The summed E-state index contributed by atoms with van der Waals surface area (Å²) in [6, 6.07) is 9.83. The Balaban J connectivity index is 2.15. The van der Waals surface area contributed by atoms with Gasteiger partial charge in [-0.15, -0.1) is 10.2 Å². The fraction of sp³-hybridized carbons (Fsp3) is 0.357. The van der Waals surface area contributed by atoms with E-state index in [-0.39, 0.29) is 0 Å². The van der Waals surface area contributed by atoms with Crippen LogP contribution in [-0.2, 0) is 18.8 Å². The molecule has 0 spiro atoms. The minimum absolute atomic E-state index is 0.391. The third-order valence-electron chi connectivity index (χ3n) is 2.92. The molecule has 0 aliphatic heterocycles. The summed E-state index contributed by atoms with van der Waals surface area (Å²) in [6.45, 7) is 3.36. The zero-order chi connectivity index (χ0) is 14.4. The highest BCUT2D eigenvalue weighted by Crippen LogP contribution is 2.23. The number of hydrogen-bond acceptors (Lipinski definition) is 5. The third kappa shape index (κ3) is 3.18. The summed E-state index contributed by atoms with van der Waals surface area (Å²) in [5.74, 6) is 1.51. The van der Waals surface area contributed by atoms with Crippen LogP contribution in [0.1, 0.15) is 30.3 Å². The molecular formula is C14H17N5S. The standard InChI is InChI=1S/C14H17N5S/c1-2-7-19-13(9-16)17-18-14(19)20-10-12-6-4-3-5-11(12)8-15/h3-6H,2,7,9-10,16H2,1H3. The van der Waals surface area contributed by atoms with Gasteiger partial charge in [0.15, 0.2) is 5.16 Å². The fourth-order valence-corrected chi connectivity index (χ4v) is 2.91. The topological polar surface area (TPSA) is 80.5 Å². The summed E-state index contributed by atoms with van der Waals surface area (Å²) in [7, 11) is 0. The molecule has 0 aliphatic rings. The Kier molecular flexibility index (Phi) is 5.16. The van der Waals surface area contributed by atoms with Crippen LogP contribution in [0.3, 0.4) is 0 Å². The Morgan fingerprint density at radius 1 is 1.35 bits per heavy atom. The van der Waals surface area contributed by atoms with Gasteiger partial charge < -0.3 is 10.3 Å². The quantitative estimate of drug-likeness (QED) is 0.825. The summed E-state index contributed by atoms with van der Waals surface area (Å²) in [4.78, 5) is 0. The van der Waals surface area contributed by atoms with Gasteiger partial charge >= 0.3 is 0 Å². The molecule has 104 valence electrons. The van der Waals surface area contributed by atoms with E-state index in [9.17, 15) is 0 Å². The first-order chi connectivity index (χ1) is 9.80. The molecule has 0 radical (unpaired) electrons. The molecule has 2 N–H and O–H groups in total. The predicted molar refractivity (Wildman–Crippen MR) is 78.9 cm³/mol. The van der Waals surface area contributed by atoms with Crippen LogP contribution >= 0.6 is 11.8 Å². The number of nitriles is 1. The number of hydrogen-bond donors (Lipinski definition) is 1. The SMILES string of the molecule is CCCn1c(CN)nnc1SCc1ccccc1C#N. The van der Waals surface area contributed by atoms with Crippen LogP contribution in [0.15, 0.2) is 29.4 Å². The monoisotopic (exact) mass is 287 g/mol. The van der Waals surface area contributed by atoms with E-state index in [1.807, 2.05) is 24.3 Å². The molecule has 2 aromatic rings. The molecule has 0 unspecified atom stereocenters. The lowest BCUT2D eigenvalue weighted by molar-refractivity contribution is 0.592. The van der Waals surface area contributed by atoms with Crippen LogP contribution in [0.5, 0.6) is 0 Å². The number of benzene rings is 1. The van der Waals surface area contributed by atoms with Gasteiger partial charge in [-0.2, -0.15) is 5.26 Å². The van der Waals surface area contributed by atoms with E-state index < -0.39 is 0 Å². The number of nitrogens with two attached hydrogens (primary N) is 1. The maximum atomic E-state index is 9.09. The summed E-state index contributed by atoms with van der Waals surface area (Å²) in [6.07, 6.45) is 1.01. The second-order valence-corrected chi connectivity index (χ2v) is 5.25. The molecule has 5 nitrogen and oxygen atoms in total. The Morgan fingerprint density at radius 3 is 2.85 bits per heavy atom. The fourth-order valence-electron chi connectivity index (χ4n) is 1.92. The van der Waals surface area contributed by atoms with Gasteiger partial charge in [0.1, 0.15) is 5.82 Å². The van der Waals surface area contributed by atoms with Crippen molar-refractivity contribution in [3.05, 3.63) is 41.2 Å². The molecule has 0 saturated carbocycles. The number of nitrogens with zero attached hydrogens (tertiary/aromatic N) is 4. The second-order valence-electron chi connectivity index (χ2n) is 4.31. The molecule has 0 bridgehead atoms. The Morgan fingerprint density at radius 2 is 2.15 bits per heavy atom. The minimum Gasteiger partial charge on any atom is -0.324 e. The Bertz CT molecular complexity index is 614. The maximum Gasteiger partial charge on any atom is 0.191 e. The molecule has 6 heteroatoms. The van der Waals surface area contributed by atoms with Crippen LogP contribution in [0, 0.1) is 11.3 Å². The average Bonchev–Trinajstić information content (AvgIpc) is 2.88. The van der Waals surface area contributed by atoms with Gasteiger partial charge in [0, 0.05) is 12.3 Å². The van der Waals surface area contributed by atoms with Gasteiger partial charge in [-0.3, -0.25) is 0 Å². The van der Waals surface area contributed by atoms with Crippen molar-refractivity contribution in [2.45, 2.75) is 37.3 Å². The maximum absolute atomic E-state index is 9.09. The van der Waals surface area contributed by atoms with Crippen molar-refractivity contribution in [2.24, 2.45) is 5.73 Å². The van der Waals surface area contributed by atoms with Crippen molar-refractivity contribution in [2.75, 3.05) is 0 Å². The zero-order valence-corrected chi connectivity index (χ0v) is 12.2. The molecule has 0 aliphatic carbocycles. The minimum atomic E-state index is 0.391. The largest absolute Gasteiger partial charge is 0.324 e. The summed E-state index contributed by atoms with van der Waals surface area (Å²) < 4.78 is 2.06. The second kappa shape index (κ2) is 7.08. The lowest BCUT2D eigenvalue weighted by Gasteiger charge is -2.08. The molecule has 2 rings (SSSR count). The van der Waals surface area contributed by atoms with Crippen molar-refractivity contribution in [1.29, 1.82) is 5.26 Å². The van der Waals surface area contributed by atoms with Crippen molar-refractivity contribution in [3.63, 3.8) is 0 Å². The Hall–Kier alpha value is -1.84. The van der Waals surface area contributed by atoms with Crippen molar-refractivity contribution in [3.8, 4) is 6.07 Å². The number of aromatic nitrogens is 3. The molecule has 20 heavy (non-hydrogen) atoms. The van der Waals surface area contributed by atoms with E-state index in [1.165, 1.54) is 0 Å². The van der Waals surface area contributed by atoms with Crippen molar-refractivity contribution in [1.82, 2.24) is 14.8 Å². The smallest absolute Gasteiger partial charge is 0.191 e. The van der Waals surface area contributed by atoms with Crippen LogP contribution in [-0.4, -0.2) is 14.8 Å². The van der Waals surface area contributed by atoms with Crippen LogP contribution in [0.25, 0.3) is 0 Å². The zero-order valence-electron chi connectivity index (χ0n) is 11.4. The first-order valence-corrected chi connectivity index (χ1v) is 7.51. The summed E-state index contributed by atoms with van der Waals surface area (Å²) >= 11 is 1.59. The summed E-state index contributed by atoms with van der Waals surface area (Å²) in [5, 5.41) is 18.2. The lowest BCUT2D eigenvalue weighted by Crippen LogP contribution is -2.09. The third-order valence-corrected chi connectivity index (χ3v) is 3.93. The van der Waals surface area contributed by atoms with E-state index in [4.69, 9.17) is 11.0 Å². The molecule has 0 fully saturated rings. The molecule has 1 heterocycles. The van der Waals surface area contributed by atoms with Gasteiger partial charge in [0.25, 0.3) is 0 Å². The van der Waals surface area contributed by atoms with Crippen LogP contribution in [0.2, 0.25) is 0 Å². The van der Waals surface area contributed by atoms with E-state index >= 15 is 0 Å². The van der Waals surface area contributed by atoms with Crippen LogP contribution in [0.4, 0.5) is 0 Å². The number of rotatable bonds is 6. The average molecular weight is 287 g/mol. The van der Waals surface area contributed by atoms with Crippen molar-refractivity contribution >= 4 is 11.8 Å². The first-order valence-electron chi connectivity index (χ1n) is 6.53. The normalized spacial score (nSPS) is 10.4. The number of thioether (sulfide) groups is 1. The van der Waals surface area contributed by atoms with Gasteiger partial charge in [-0.05, 0) is 18.1 Å². The Labute approximate surface area is 122 Å². The summed E-state index contributed by atoms with van der Waals surface area (Å²) in [5.41, 5.74) is 7.39. The molecule has 0 atom stereocenters. The van der Waals surface area contributed by atoms with E-state index in [0.717, 1.165) is 29.5 Å². The van der Waals surface area contributed by atoms with E-state index in [1.54, 1.807) is 11.8 Å². The van der Waals surface area contributed by atoms with Gasteiger partial charge in [0.05, 0.1) is 18.2 Å². The molecule has 1 aromatic carbocycles. The first kappa shape index (κ1) is 14.6. The van der Waals surface area contributed by atoms with Crippen molar-refractivity contribution < 1.29 is 0 Å². The van der Waals surface area contributed by atoms with Gasteiger partial charge in [0.2, 0.25) is 0 Å². The molecular weight excluding hydrogens is 270 g/mol. The highest BCUT2D eigenvalue weighted by Gasteiger charge is 2.11. The van der Waals surface area contributed by atoms with Crippen LogP contribution < -0.4 is 5.73 Å². The van der Waals surface area contributed by atoms with Gasteiger partial charge in [-0.1, -0.05) is 36.9 Å². The predicted octanol–water partition coefficient (Wildman–Crippen LogP) is 2.31. The van der Waals surface area contributed by atoms with Gasteiger partial charge in [-0.25, -0.2) is 0 Å². The van der Waals surface area contributed by atoms with E-state index in [2.05, 4.69) is 27.8 Å². The highest BCUT2D eigenvalue weighted by molar-refractivity contribution is 7.98. The highest BCUT2D eigenvalue weighted by atomic mass is 32.2. The molecule has 0 saturated heterocycles. The lowest BCUT2D eigenvalue weighted by atomic mass is 10.1. The van der Waals surface area contributed by atoms with E-state index in [0.29, 0.717) is 17.9 Å².